The number of fused-ring (bicyclic) bond motifs is 1. The van der Waals surface area contributed by atoms with Crippen molar-refractivity contribution in [3.05, 3.63) is 95.8 Å². The second-order valence-corrected chi connectivity index (χ2v) is 8.58. The summed E-state index contributed by atoms with van der Waals surface area (Å²) >= 11 is 1.45. The molecule has 7 heteroatoms. The van der Waals surface area contributed by atoms with Crippen LogP contribution in [0.1, 0.15) is 11.3 Å². The van der Waals surface area contributed by atoms with Crippen molar-refractivity contribution in [1.82, 2.24) is 5.32 Å². The van der Waals surface area contributed by atoms with Crippen LogP contribution in [-0.4, -0.2) is 17.8 Å². The van der Waals surface area contributed by atoms with Gasteiger partial charge in [-0.15, -0.1) is 0 Å². The maximum atomic E-state index is 13.0. The lowest BCUT2D eigenvalue weighted by molar-refractivity contribution is -0.122. The van der Waals surface area contributed by atoms with Gasteiger partial charge in [-0.25, -0.2) is 9.69 Å². The van der Waals surface area contributed by atoms with E-state index in [1.165, 1.54) is 17.8 Å². The number of barbiturate groups is 1. The van der Waals surface area contributed by atoms with E-state index in [0.29, 0.717) is 16.5 Å². The summed E-state index contributed by atoms with van der Waals surface area (Å²) in [7, 11) is 0. The standard InChI is InChI=1S/C26H18N2O4S/c1-16-9-11-18(12-10-16)28-25(30)21(24(29)27-26(28)31)15-19-13-14-23(32-19)33-22-8-4-6-17-5-2-3-7-20(17)22/h2-15H,1H3,(H,27,29,31)/b21-15+. The molecule has 0 aliphatic carbocycles. The SMILES string of the molecule is Cc1ccc(N2C(=O)NC(=O)/C(=C\c3ccc(Sc4cccc5ccccc45)o3)C2=O)cc1. The Morgan fingerprint density at radius 2 is 1.64 bits per heavy atom. The highest BCUT2D eigenvalue weighted by Gasteiger charge is 2.37. The monoisotopic (exact) mass is 454 g/mol. The molecule has 1 aliphatic rings. The van der Waals surface area contributed by atoms with Crippen molar-refractivity contribution in [2.75, 3.05) is 4.90 Å². The first-order valence-corrected chi connectivity index (χ1v) is 11.0. The quantitative estimate of drug-likeness (QED) is 0.323. The zero-order chi connectivity index (χ0) is 22.9. The maximum absolute atomic E-state index is 13.0. The number of benzene rings is 3. The largest absolute Gasteiger partial charge is 0.450 e. The minimum Gasteiger partial charge on any atom is -0.450 e. The van der Waals surface area contributed by atoms with E-state index in [-0.39, 0.29) is 5.57 Å². The van der Waals surface area contributed by atoms with Gasteiger partial charge in [0.15, 0.2) is 5.09 Å². The van der Waals surface area contributed by atoms with Gasteiger partial charge in [-0.3, -0.25) is 14.9 Å². The van der Waals surface area contributed by atoms with E-state index in [1.54, 1.807) is 36.4 Å². The smallest absolute Gasteiger partial charge is 0.335 e. The van der Waals surface area contributed by atoms with Gasteiger partial charge >= 0.3 is 6.03 Å². The molecule has 1 N–H and O–H groups in total. The lowest BCUT2D eigenvalue weighted by Crippen LogP contribution is -2.54. The molecule has 6 nitrogen and oxygen atoms in total. The van der Waals surface area contributed by atoms with Crippen molar-refractivity contribution in [1.29, 1.82) is 0 Å². The van der Waals surface area contributed by atoms with Crippen LogP contribution in [0.5, 0.6) is 0 Å². The number of imide groups is 2. The number of urea groups is 1. The first-order valence-electron chi connectivity index (χ1n) is 10.2. The number of rotatable bonds is 4. The number of carbonyl (C=O) groups excluding carboxylic acids is 3. The zero-order valence-corrected chi connectivity index (χ0v) is 18.4. The Morgan fingerprint density at radius 3 is 2.45 bits per heavy atom. The van der Waals surface area contributed by atoms with Gasteiger partial charge in [0.25, 0.3) is 11.8 Å². The molecule has 1 aromatic heterocycles. The summed E-state index contributed by atoms with van der Waals surface area (Å²) in [6, 6.07) is 23.7. The molecule has 33 heavy (non-hydrogen) atoms. The molecule has 3 aromatic carbocycles. The zero-order valence-electron chi connectivity index (χ0n) is 17.6. The molecule has 4 aromatic rings. The third-order valence-corrected chi connectivity index (χ3v) is 6.24. The number of hydrogen-bond donors (Lipinski definition) is 1. The minimum absolute atomic E-state index is 0.175. The van der Waals surface area contributed by atoms with Gasteiger partial charge in [0.1, 0.15) is 11.3 Å². The van der Waals surface area contributed by atoms with E-state index in [0.717, 1.165) is 26.1 Å². The number of nitrogens with one attached hydrogen (secondary N) is 1. The average molecular weight is 455 g/mol. The van der Waals surface area contributed by atoms with Crippen molar-refractivity contribution in [2.45, 2.75) is 16.9 Å². The van der Waals surface area contributed by atoms with Crippen LogP contribution in [0.2, 0.25) is 0 Å². The summed E-state index contributed by atoms with van der Waals surface area (Å²) < 4.78 is 5.87. The molecule has 0 radical (unpaired) electrons. The fourth-order valence-corrected chi connectivity index (χ4v) is 4.52. The van der Waals surface area contributed by atoms with Crippen molar-refractivity contribution in [2.24, 2.45) is 0 Å². The number of anilines is 1. The fraction of sp³-hybridized carbons (Fsp3) is 0.0385. The third-order valence-electron chi connectivity index (χ3n) is 5.24. The van der Waals surface area contributed by atoms with E-state index in [1.807, 2.05) is 49.4 Å². The predicted molar refractivity (Wildman–Crippen MR) is 127 cm³/mol. The summed E-state index contributed by atoms with van der Waals surface area (Å²) in [6.45, 7) is 1.90. The summed E-state index contributed by atoms with van der Waals surface area (Å²) in [5.41, 5.74) is 1.20. The number of hydrogen-bond acceptors (Lipinski definition) is 5. The summed E-state index contributed by atoms with van der Waals surface area (Å²) in [4.78, 5) is 39.7. The molecular weight excluding hydrogens is 436 g/mol. The lowest BCUT2D eigenvalue weighted by Gasteiger charge is -2.26. The minimum atomic E-state index is -0.780. The highest BCUT2D eigenvalue weighted by Crippen LogP contribution is 2.35. The van der Waals surface area contributed by atoms with Crippen molar-refractivity contribution in [3.8, 4) is 0 Å². The lowest BCUT2D eigenvalue weighted by atomic mass is 10.1. The van der Waals surface area contributed by atoms with Crippen LogP contribution in [0.4, 0.5) is 10.5 Å². The predicted octanol–water partition coefficient (Wildman–Crippen LogP) is 5.56. The Labute approximate surface area is 193 Å². The Kier molecular flexibility index (Phi) is 5.32. The molecular formula is C26H18N2O4S. The summed E-state index contributed by atoms with van der Waals surface area (Å²) in [6.07, 6.45) is 1.36. The molecule has 1 saturated heterocycles. The van der Waals surface area contributed by atoms with Crippen LogP contribution in [0.25, 0.3) is 16.8 Å². The van der Waals surface area contributed by atoms with Gasteiger partial charge in [0, 0.05) is 4.90 Å². The topological polar surface area (TPSA) is 79.6 Å². The second kappa shape index (κ2) is 8.44. The molecule has 0 saturated carbocycles. The second-order valence-electron chi connectivity index (χ2n) is 7.53. The van der Waals surface area contributed by atoms with E-state index < -0.39 is 17.8 Å². The van der Waals surface area contributed by atoms with Gasteiger partial charge in [0.2, 0.25) is 0 Å². The molecule has 0 spiro atoms. The maximum Gasteiger partial charge on any atom is 0.335 e. The van der Waals surface area contributed by atoms with Crippen LogP contribution >= 0.6 is 11.8 Å². The fourth-order valence-electron chi connectivity index (χ4n) is 3.59. The van der Waals surface area contributed by atoms with E-state index in [2.05, 4.69) is 5.32 Å². The first kappa shape index (κ1) is 20.8. The van der Waals surface area contributed by atoms with Crippen LogP contribution in [-0.2, 0) is 9.59 Å². The number of carbonyl (C=O) groups is 3. The molecule has 5 rings (SSSR count). The number of amides is 4. The highest BCUT2D eigenvalue weighted by atomic mass is 32.2. The molecule has 2 heterocycles. The molecule has 0 bridgehead atoms. The third kappa shape index (κ3) is 4.06. The highest BCUT2D eigenvalue weighted by molar-refractivity contribution is 7.99. The number of furan rings is 1. The van der Waals surface area contributed by atoms with Crippen LogP contribution in [0.15, 0.2) is 98.8 Å². The molecule has 162 valence electrons. The number of nitrogens with zero attached hydrogens (tertiary/aromatic N) is 1. The van der Waals surface area contributed by atoms with E-state index in [9.17, 15) is 14.4 Å². The first-order chi connectivity index (χ1) is 16.0. The summed E-state index contributed by atoms with van der Waals surface area (Å²) in [5.74, 6) is -1.12. The normalized spacial score (nSPS) is 15.4. The van der Waals surface area contributed by atoms with Gasteiger partial charge in [-0.2, -0.15) is 0 Å². The molecule has 0 atom stereocenters. The molecule has 1 fully saturated rings. The van der Waals surface area contributed by atoms with Gasteiger partial charge < -0.3 is 4.42 Å². The van der Waals surface area contributed by atoms with Crippen molar-refractivity contribution >= 4 is 52.1 Å². The van der Waals surface area contributed by atoms with Crippen molar-refractivity contribution < 1.29 is 18.8 Å². The molecule has 4 amide bonds. The van der Waals surface area contributed by atoms with Crippen molar-refractivity contribution in [3.63, 3.8) is 0 Å². The van der Waals surface area contributed by atoms with Gasteiger partial charge in [-0.1, -0.05) is 65.9 Å². The Morgan fingerprint density at radius 1 is 0.879 bits per heavy atom. The van der Waals surface area contributed by atoms with E-state index in [4.69, 9.17) is 4.42 Å². The Hall–Kier alpha value is -4.10. The van der Waals surface area contributed by atoms with E-state index >= 15 is 0 Å². The van der Waals surface area contributed by atoms with Crippen LogP contribution in [0.3, 0.4) is 0 Å². The Balaban J connectivity index is 1.43. The average Bonchev–Trinajstić information content (AvgIpc) is 3.25. The molecule has 0 unspecified atom stereocenters. The Bertz CT molecular complexity index is 1430. The summed E-state index contributed by atoms with van der Waals surface area (Å²) in [5, 5.41) is 5.07. The van der Waals surface area contributed by atoms with Crippen LogP contribution < -0.4 is 10.2 Å². The molecule has 1 aliphatic heterocycles. The van der Waals surface area contributed by atoms with Crippen LogP contribution in [0, 0.1) is 6.92 Å². The number of aryl methyl sites for hydroxylation is 1. The van der Waals surface area contributed by atoms with Gasteiger partial charge in [-0.05, 0) is 54.1 Å². The van der Waals surface area contributed by atoms with Gasteiger partial charge in [0.05, 0.1) is 5.69 Å².